The second-order valence-corrected chi connectivity index (χ2v) is 6.97. The largest absolute Gasteiger partial charge is 0.320 e. The molecule has 0 saturated carbocycles. The van der Waals surface area contributed by atoms with Crippen LogP contribution in [-0.2, 0) is 16.1 Å². The lowest BCUT2D eigenvalue weighted by Gasteiger charge is -2.25. The highest BCUT2D eigenvalue weighted by Gasteiger charge is 2.49. The van der Waals surface area contributed by atoms with Gasteiger partial charge in [-0.15, -0.1) is 11.3 Å². The summed E-state index contributed by atoms with van der Waals surface area (Å²) in [6.07, 6.45) is 0.300. The van der Waals surface area contributed by atoms with Crippen LogP contribution >= 0.6 is 11.3 Å². The Balaban J connectivity index is 2.15. The van der Waals surface area contributed by atoms with Gasteiger partial charge in [-0.25, -0.2) is 0 Å². The van der Waals surface area contributed by atoms with E-state index in [0.717, 1.165) is 9.75 Å². The van der Waals surface area contributed by atoms with Crippen LogP contribution in [-0.4, -0.2) is 23.3 Å². The van der Waals surface area contributed by atoms with Gasteiger partial charge in [0.1, 0.15) is 0 Å². The van der Waals surface area contributed by atoms with E-state index in [2.05, 4.69) is 11.8 Å². The molecule has 0 spiro atoms. The van der Waals surface area contributed by atoms with Gasteiger partial charge in [-0.3, -0.25) is 14.5 Å². The van der Waals surface area contributed by atoms with E-state index in [1.807, 2.05) is 32.9 Å². The first-order valence-electron chi connectivity index (χ1n) is 7.01. The van der Waals surface area contributed by atoms with Crippen molar-refractivity contribution < 1.29 is 9.59 Å². The molecule has 4 nitrogen and oxygen atoms in total. The Kier molecular flexibility index (Phi) is 4.50. The summed E-state index contributed by atoms with van der Waals surface area (Å²) in [5, 5.41) is 0. The molecular weight excluding hydrogens is 284 g/mol. The number of nitrogens with two attached hydrogens (primary N) is 1. The van der Waals surface area contributed by atoms with Crippen molar-refractivity contribution in [3.63, 3.8) is 0 Å². The normalized spacial score (nSPS) is 21.9. The number of thiophene rings is 1. The van der Waals surface area contributed by atoms with Crippen LogP contribution in [0.4, 0.5) is 0 Å². The molecule has 2 N–H and O–H groups in total. The molecule has 5 heteroatoms. The Hall–Kier alpha value is -1.64. The number of carbonyl (C=O) groups is 2. The van der Waals surface area contributed by atoms with Gasteiger partial charge in [0.05, 0.1) is 23.4 Å². The minimum atomic E-state index is -0.573. The minimum absolute atomic E-state index is 0.0644. The lowest BCUT2D eigenvalue weighted by molar-refractivity contribution is -0.142. The maximum absolute atomic E-state index is 12.5. The van der Waals surface area contributed by atoms with Gasteiger partial charge in [0, 0.05) is 11.3 Å². The molecule has 1 aromatic rings. The van der Waals surface area contributed by atoms with Crippen molar-refractivity contribution in [3.05, 3.63) is 21.9 Å². The van der Waals surface area contributed by atoms with Gasteiger partial charge in [-0.1, -0.05) is 25.7 Å². The Morgan fingerprint density at radius 1 is 1.43 bits per heavy atom. The van der Waals surface area contributed by atoms with Crippen LogP contribution in [0.15, 0.2) is 12.1 Å². The van der Waals surface area contributed by atoms with Crippen LogP contribution in [0.25, 0.3) is 0 Å². The van der Waals surface area contributed by atoms with Gasteiger partial charge in [-0.05, 0) is 25.0 Å². The Bertz CT molecular complexity index is 624. The zero-order valence-corrected chi connectivity index (χ0v) is 13.4. The summed E-state index contributed by atoms with van der Waals surface area (Å²) < 4.78 is 0. The number of hydrogen-bond donors (Lipinski definition) is 1. The van der Waals surface area contributed by atoms with E-state index >= 15 is 0 Å². The highest BCUT2D eigenvalue weighted by atomic mass is 32.1. The number of amides is 2. The quantitative estimate of drug-likeness (QED) is 0.686. The molecule has 112 valence electrons. The first-order chi connectivity index (χ1) is 9.88. The summed E-state index contributed by atoms with van der Waals surface area (Å²) in [7, 11) is 0. The van der Waals surface area contributed by atoms with Crippen molar-refractivity contribution in [1.82, 2.24) is 4.90 Å². The molecule has 0 aliphatic carbocycles. The SMILES string of the molecule is CC(C)C1(C)CC(=O)N(Cc2ccc(C#CCN)s2)C1=O. The number of carbonyl (C=O) groups excluding carboxylic acids is 2. The van der Waals surface area contributed by atoms with Gasteiger partial charge >= 0.3 is 0 Å². The lowest BCUT2D eigenvalue weighted by atomic mass is 9.78. The molecule has 1 fully saturated rings. The fraction of sp³-hybridized carbons (Fsp3) is 0.500. The van der Waals surface area contributed by atoms with Crippen molar-refractivity contribution in [1.29, 1.82) is 0 Å². The molecule has 1 aliphatic heterocycles. The van der Waals surface area contributed by atoms with Crippen LogP contribution < -0.4 is 5.73 Å². The first kappa shape index (κ1) is 15.7. The zero-order valence-electron chi connectivity index (χ0n) is 12.6. The molecule has 2 amide bonds. The summed E-state index contributed by atoms with van der Waals surface area (Å²) in [6, 6.07) is 3.81. The van der Waals surface area contributed by atoms with Crippen LogP contribution in [0.5, 0.6) is 0 Å². The molecule has 1 aliphatic rings. The number of nitrogens with zero attached hydrogens (tertiary/aromatic N) is 1. The summed E-state index contributed by atoms with van der Waals surface area (Å²) >= 11 is 1.50. The van der Waals surface area contributed by atoms with E-state index in [0.29, 0.717) is 19.5 Å². The van der Waals surface area contributed by atoms with Gasteiger partial charge in [0.15, 0.2) is 0 Å². The van der Waals surface area contributed by atoms with E-state index in [9.17, 15) is 9.59 Å². The van der Waals surface area contributed by atoms with Gasteiger partial charge in [-0.2, -0.15) is 0 Å². The maximum atomic E-state index is 12.5. The predicted octanol–water partition coefficient (Wildman–Crippen LogP) is 1.98. The minimum Gasteiger partial charge on any atom is -0.320 e. The van der Waals surface area contributed by atoms with Crippen LogP contribution in [0.2, 0.25) is 0 Å². The predicted molar refractivity (Wildman–Crippen MR) is 83.4 cm³/mol. The third kappa shape index (κ3) is 3.02. The number of imide groups is 1. The van der Waals surface area contributed by atoms with Gasteiger partial charge in [0.2, 0.25) is 11.8 Å². The number of rotatable bonds is 3. The molecule has 2 rings (SSSR count). The molecule has 0 radical (unpaired) electrons. The lowest BCUT2D eigenvalue weighted by Crippen LogP contribution is -2.36. The van der Waals surface area contributed by atoms with E-state index in [4.69, 9.17) is 5.73 Å². The molecule has 0 aromatic carbocycles. The van der Waals surface area contributed by atoms with Crippen LogP contribution in [0.1, 0.15) is 36.9 Å². The fourth-order valence-corrected chi connectivity index (χ4v) is 3.21. The molecular formula is C16H20N2O2S. The summed E-state index contributed by atoms with van der Waals surface area (Å²) in [5.74, 6) is 5.76. The standard InChI is InChI=1S/C16H20N2O2S/c1-11(2)16(3)9-14(19)18(15(16)20)10-13-7-6-12(21-13)5-4-8-17/h6-7,11H,8-10,17H2,1-3H3. The Labute approximate surface area is 129 Å². The third-order valence-electron chi connectivity index (χ3n) is 4.12. The zero-order chi connectivity index (χ0) is 15.6. The summed E-state index contributed by atoms with van der Waals surface area (Å²) in [4.78, 5) is 27.9. The monoisotopic (exact) mass is 304 g/mol. The average molecular weight is 304 g/mol. The van der Waals surface area contributed by atoms with Crippen molar-refractivity contribution in [2.45, 2.75) is 33.7 Å². The molecule has 2 heterocycles. The second kappa shape index (κ2) is 6.00. The van der Waals surface area contributed by atoms with Crippen LogP contribution in [0, 0.1) is 23.2 Å². The Morgan fingerprint density at radius 3 is 2.71 bits per heavy atom. The Morgan fingerprint density at radius 2 is 2.14 bits per heavy atom. The second-order valence-electron chi connectivity index (χ2n) is 5.81. The average Bonchev–Trinajstić information content (AvgIpc) is 2.96. The van der Waals surface area contributed by atoms with Crippen LogP contribution in [0.3, 0.4) is 0 Å². The van der Waals surface area contributed by atoms with Crippen molar-refractivity contribution in [2.75, 3.05) is 6.54 Å². The van der Waals surface area contributed by atoms with Crippen molar-refractivity contribution in [2.24, 2.45) is 17.1 Å². The topological polar surface area (TPSA) is 63.4 Å². The van der Waals surface area contributed by atoms with E-state index in [1.54, 1.807) is 0 Å². The van der Waals surface area contributed by atoms with E-state index < -0.39 is 5.41 Å². The van der Waals surface area contributed by atoms with E-state index in [1.165, 1.54) is 16.2 Å². The molecule has 0 bridgehead atoms. The summed E-state index contributed by atoms with van der Waals surface area (Å²) in [6.45, 7) is 6.52. The molecule has 1 saturated heterocycles. The smallest absolute Gasteiger partial charge is 0.236 e. The first-order valence-corrected chi connectivity index (χ1v) is 7.82. The molecule has 1 unspecified atom stereocenters. The number of hydrogen-bond acceptors (Lipinski definition) is 4. The molecule has 1 atom stereocenters. The van der Waals surface area contributed by atoms with Gasteiger partial charge in [0.25, 0.3) is 0 Å². The highest BCUT2D eigenvalue weighted by molar-refractivity contribution is 7.12. The van der Waals surface area contributed by atoms with Gasteiger partial charge < -0.3 is 5.73 Å². The summed E-state index contributed by atoms with van der Waals surface area (Å²) in [5.41, 5.74) is 4.77. The molecule has 1 aromatic heterocycles. The van der Waals surface area contributed by atoms with Crippen molar-refractivity contribution >= 4 is 23.2 Å². The number of likely N-dealkylation sites (tertiary alicyclic amines) is 1. The molecule has 21 heavy (non-hydrogen) atoms. The maximum Gasteiger partial charge on any atom is 0.236 e. The third-order valence-corrected chi connectivity index (χ3v) is 5.10. The van der Waals surface area contributed by atoms with E-state index in [-0.39, 0.29) is 17.7 Å². The highest BCUT2D eigenvalue weighted by Crippen LogP contribution is 2.40. The fourth-order valence-electron chi connectivity index (χ4n) is 2.34. The van der Waals surface area contributed by atoms with Crippen molar-refractivity contribution in [3.8, 4) is 11.8 Å².